The predicted octanol–water partition coefficient (Wildman–Crippen LogP) is 1.98. The first-order chi connectivity index (χ1) is 11.5. The number of fused-ring (bicyclic) bond motifs is 1. The van der Waals surface area contributed by atoms with Gasteiger partial charge in [0.05, 0.1) is 5.56 Å². The smallest absolute Gasteiger partial charge is 0.268 e. The number of rotatable bonds is 4. The molecule has 3 rings (SSSR count). The molecule has 0 saturated carbocycles. The van der Waals surface area contributed by atoms with Crippen molar-refractivity contribution in [3.05, 3.63) is 40.8 Å². The van der Waals surface area contributed by atoms with Crippen LogP contribution in [0.15, 0.2) is 29.6 Å². The molecule has 1 aromatic carbocycles. The lowest BCUT2D eigenvalue weighted by Gasteiger charge is -2.18. The van der Waals surface area contributed by atoms with Crippen LogP contribution in [-0.2, 0) is 0 Å². The molecule has 7 nitrogen and oxygen atoms in total. The zero-order valence-electron chi connectivity index (χ0n) is 13.3. The molecule has 2 N–H and O–H groups in total. The van der Waals surface area contributed by atoms with E-state index >= 15 is 0 Å². The van der Waals surface area contributed by atoms with E-state index in [9.17, 15) is 9.59 Å². The Kier molecular flexibility index (Phi) is 4.68. The Morgan fingerprint density at radius 1 is 1.08 bits per heavy atom. The van der Waals surface area contributed by atoms with Crippen molar-refractivity contribution in [3.8, 4) is 11.5 Å². The number of nitrogens with one attached hydrogen (secondary N) is 2. The third kappa shape index (κ3) is 3.50. The number of carbonyl (C=O) groups excluding carboxylic acids is 2. The maximum Gasteiger partial charge on any atom is 0.268 e. The van der Waals surface area contributed by atoms with E-state index in [2.05, 4.69) is 10.7 Å². The van der Waals surface area contributed by atoms with E-state index in [0.717, 1.165) is 0 Å². The second kappa shape index (κ2) is 6.90. The van der Waals surface area contributed by atoms with Gasteiger partial charge in [-0.05, 0) is 29.6 Å². The molecule has 0 bridgehead atoms. The summed E-state index contributed by atoms with van der Waals surface area (Å²) in [6.45, 7) is 0.954. The minimum absolute atomic E-state index is 0.279. The van der Waals surface area contributed by atoms with Crippen LogP contribution in [0, 0.1) is 0 Å². The monoisotopic (exact) mass is 347 g/mol. The fraction of sp³-hybridized carbons (Fsp3) is 0.250. The third-order valence-corrected chi connectivity index (χ3v) is 4.10. The summed E-state index contributed by atoms with van der Waals surface area (Å²) in [7, 11) is 3.44. The number of ether oxygens (including phenoxy) is 2. The molecule has 0 saturated heterocycles. The highest BCUT2D eigenvalue weighted by atomic mass is 32.1. The predicted molar refractivity (Wildman–Crippen MR) is 90.9 cm³/mol. The van der Waals surface area contributed by atoms with Gasteiger partial charge in [0.1, 0.15) is 18.2 Å². The Bertz CT molecular complexity index is 772. The molecule has 1 aromatic heterocycles. The first-order valence-electron chi connectivity index (χ1n) is 7.31. The van der Waals surface area contributed by atoms with E-state index in [4.69, 9.17) is 9.47 Å². The Morgan fingerprint density at radius 3 is 2.58 bits per heavy atom. The number of carbonyl (C=O) groups is 2. The van der Waals surface area contributed by atoms with Crippen molar-refractivity contribution in [1.29, 1.82) is 0 Å². The first kappa shape index (κ1) is 16.3. The molecular weight excluding hydrogens is 330 g/mol. The van der Waals surface area contributed by atoms with Gasteiger partial charge in [-0.25, -0.2) is 5.01 Å². The topological polar surface area (TPSA) is 79.9 Å². The highest BCUT2D eigenvalue weighted by Crippen LogP contribution is 2.31. The SMILES string of the molecule is CN(C)NC(=O)c1ccsc1NC(=O)c1ccc2c(c1)OCCO2. The van der Waals surface area contributed by atoms with Gasteiger partial charge in [-0.15, -0.1) is 11.3 Å². The zero-order chi connectivity index (χ0) is 17.1. The van der Waals surface area contributed by atoms with Crippen LogP contribution in [0.2, 0.25) is 0 Å². The number of hydrogen-bond acceptors (Lipinski definition) is 6. The van der Waals surface area contributed by atoms with E-state index in [-0.39, 0.29) is 11.8 Å². The number of benzene rings is 1. The average molecular weight is 347 g/mol. The number of anilines is 1. The van der Waals surface area contributed by atoms with E-state index < -0.39 is 0 Å². The Balaban J connectivity index is 1.76. The Hall–Kier alpha value is -2.58. The van der Waals surface area contributed by atoms with Crippen LogP contribution in [0.5, 0.6) is 11.5 Å². The molecule has 1 aliphatic heterocycles. The number of thiophene rings is 1. The Labute approximate surface area is 143 Å². The van der Waals surface area contributed by atoms with Gasteiger partial charge in [-0.1, -0.05) is 0 Å². The van der Waals surface area contributed by atoms with Gasteiger partial charge < -0.3 is 14.8 Å². The van der Waals surface area contributed by atoms with Crippen LogP contribution in [0.25, 0.3) is 0 Å². The van der Waals surface area contributed by atoms with Gasteiger partial charge in [0.25, 0.3) is 11.8 Å². The highest BCUT2D eigenvalue weighted by molar-refractivity contribution is 7.14. The molecule has 0 unspecified atom stereocenters. The van der Waals surface area contributed by atoms with Crippen molar-refractivity contribution in [2.75, 3.05) is 32.6 Å². The molecule has 126 valence electrons. The van der Waals surface area contributed by atoms with Crippen LogP contribution in [0.1, 0.15) is 20.7 Å². The first-order valence-corrected chi connectivity index (χ1v) is 8.19. The van der Waals surface area contributed by atoms with Crippen LogP contribution in [0.4, 0.5) is 5.00 Å². The van der Waals surface area contributed by atoms with E-state index in [1.165, 1.54) is 11.3 Å². The van der Waals surface area contributed by atoms with E-state index in [1.807, 2.05) is 0 Å². The number of amides is 2. The lowest BCUT2D eigenvalue weighted by Crippen LogP contribution is -2.36. The lowest BCUT2D eigenvalue weighted by molar-refractivity contribution is 0.0858. The quantitative estimate of drug-likeness (QED) is 0.827. The zero-order valence-corrected chi connectivity index (χ0v) is 14.1. The van der Waals surface area contributed by atoms with Crippen molar-refractivity contribution in [3.63, 3.8) is 0 Å². The van der Waals surface area contributed by atoms with Gasteiger partial charge in [0.2, 0.25) is 0 Å². The van der Waals surface area contributed by atoms with Gasteiger partial charge in [-0.3, -0.25) is 15.0 Å². The average Bonchev–Trinajstić information content (AvgIpc) is 3.02. The second-order valence-electron chi connectivity index (χ2n) is 5.31. The number of nitrogens with zero attached hydrogens (tertiary/aromatic N) is 1. The normalized spacial score (nSPS) is 12.8. The number of hydrazine groups is 1. The van der Waals surface area contributed by atoms with Crippen molar-refractivity contribution in [2.45, 2.75) is 0 Å². The van der Waals surface area contributed by atoms with E-state index in [0.29, 0.717) is 40.8 Å². The maximum absolute atomic E-state index is 12.5. The molecule has 0 fully saturated rings. The van der Waals surface area contributed by atoms with Crippen LogP contribution < -0.4 is 20.2 Å². The Morgan fingerprint density at radius 2 is 1.83 bits per heavy atom. The van der Waals surface area contributed by atoms with Crippen LogP contribution in [0.3, 0.4) is 0 Å². The second-order valence-corrected chi connectivity index (χ2v) is 6.23. The molecule has 2 amide bonds. The fourth-order valence-electron chi connectivity index (χ4n) is 2.21. The lowest BCUT2D eigenvalue weighted by atomic mass is 10.2. The van der Waals surface area contributed by atoms with Crippen molar-refractivity contribution in [1.82, 2.24) is 10.4 Å². The molecule has 0 atom stereocenters. The van der Waals surface area contributed by atoms with Gasteiger partial charge >= 0.3 is 0 Å². The fourth-order valence-corrected chi connectivity index (χ4v) is 2.99. The summed E-state index contributed by atoms with van der Waals surface area (Å²) in [4.78, 5) is 24.6. The molecule has 0 radical (unpaired) electrons. The van der Waals surface area contributed by atoms with Crippen molar-refractivity contribution >= 4 is 28.2 Å². The maximum atomic E-state index is 12.5. The minimum atomic E-state index is -0.312. The standard InChI is InChI=1S/C16H17N3O4S/c1-19(2)18-15(21)11-5-8-24-16(11)17-14(20)10-3-4-12-13(9-10)23-7-6-22-12/h3-5,8-9H,6-7H2,1-2H3,(H,17,20)(H,18,21). The molecule has 2 heterocycles. The summed E-state index contributed by atoms with van der Waals surface area (Å²) in [5, 5.41) is 6.57. The minimum Gasteiger partial charge on any atom is -0.486 e. The molecule has 24 heavy (non-hydrogen) atoms. The summed E-state index contributed by atoms with van der Waals surface area (Å²) in [6, 6.07) is 6.67. The molecule has 0 spiro atoms. The van der Waals surface area contributed by atoms with Crippen molar-refractivity contribution < 1.29 is 19.1 Å². The van der Waals surface area contributed by atoms with Gasteiger partial charge in [0, 0.05) is 19.7 Å². The summed E-state index contributed by atoms with van der Waals surface area (Å²) in [5.74, 6) is 0.581. The molecule has 1 aliphatic rings. The molecule has 8 heteroatoms. The molecular formula is C16H17N3O4S. The summed E-state index contributed by atoms with van der Waals surface area (Å²) >= 11 is 1.29. The molecule has 0 aliphatic carbocycles. The highest BCUT2D eigenvalue weighted by Gasteiger charge is 2.18. The number of hydrogen-bond donors (Lipinski definition) is 2. The van der Waals surface area contributed by atoms with Crippen LogP contribution >= 0.6 is 11.3 Å². The van der Waals surface area contributed by atoms with Crippen molar-refractivity contribution in [2.24, 2.45) is 0 Å². The molecule has 2 aromatic rings. The largest absolute Gasteiger partial charge is 0.486 e. The van der Waals surface area contributed by atoms with Crippen LogP contribution in [-0.4, -0.2) is 44.1 Å². The summed E-state index contributed by atoms with van der Waals surface area (Å²) < 4.78 is 10.9. The summed E-state index contributed by atoms with van der Waals surface area (Å²) in [6.07, 6.45) is 0. The van der Waals surface area contributed by atoms with Gasteiger partial charge in [0.15, 0.2) is 11.5 Å². The summed E-state index contributed by atoms with van der Waals surface area (Å²) in [5.41, 5.74) is 3.51. The van der Waals surface area contributed by atoms with Gasteiger partial charge in [-0.2, -0.15) is 0 Å². The van der Waals surface area contributed by atoms with E-state index in [1.54, 1.807) is 48.7 Å². The third-order valence-electron chi connectivity index (χ3n) is 3.27.